The van der Waals surface area contributed by atoms with Crippen molar-refractivity contribution >= 4 is 17.5 Å². The smallest absolute Gasteiger partial charge is 0.258 e. The largest absolute Gasteiger partial charge is 0.483 e. The fraction of sp³-hybridized carbons (Fsp3) is 0.462. The summed E-state index contributed by atoms with van der Waals surface area (Å²) < 4.78 is 5.40. The van der Waals surface area contributed by atoms with Crippen LogP contribution in [0.15, 0.2) is 18.2 Å². The number of nitrogens with one attached hydrogen (secondary N) is 1. The predicted octanol–water partition coefficient (Wildman–Crippen LogP) is 1.91. The molecule has 0 radical (unpaired) electrons. The van der Waals surface area contributed by atoms with Crippen molar-refractivity contribution in [2.45, 2.75) is 26.3 Å². The highest BCUT2D eigenvalue weighted by atomic mass is 35.5. The molecule has 0 fully saturated rings. The number of halogens is 1. The topological polar surface area (TPSA) is 58.6 Å². The summed E-state index contributed by atoms with van der Waals surface area (Å²) in [6.45, 7) is 3.66. The molecular weight excluding hydrogens is 254 g/mol. The van der Waals surface area contributed by atoms with E-state index in [-0.39, 0.29) is 25.2 Å². The number of hydrogen-bond donors (Lipinski definition) is 2. The summed E-state index contributed by atoms with van der Waals surface area (Å²) in [6, 6.07) is 5.25. The zero-order valence-corrected chi connectivity index (χ0v) is 11.3. The minimum absolute atomic E-state index is 0.0513. The molecule has 0 bridgehead atoms. The Hall–Kier alpha value is -1.26. The number of benzene rings is 1. The molecule has 0 aromatic heterocycles. The Morgan fingerprint density at radius 2 is 2.28 bits per heavy atom. The summed E-state index contributed by atoms with van der Waals surface area (Å²) in [7, 11) is 0. The second-order valence-corrected chi connectivity index (χ2v) is 4.54. The average Bonchev–Trinajstić information content (AvgIpc) is 2.31. The highest BCUT2D eigenvalue weighted by Gasteiger charge is 2.09. The van der Waals surface area contributed by atoms with E-state index in [1.165, 1.54) is 0 Å². The Kier molecular flexibility index (Phi) is 5.95. The van der Waals surface area contributed by atoms with E-state index < -0.39 is 0 Å². The van der Waals surface area contributed by atoms with Gasteiger partial charge in [-0.25, -0.2) is 0 Å². The van der Waals surface area contributed by atoms with E-state index in [0.29, 0.717) is 17.2 Å². The van der Waals surface area contributed by atoms with Gasteiger partial charge in [0.15, 0.2) is 6.61 Å². The third-order valence-corrected chi connectivity index (χ3v) is 2.96. The van der Waals surface area contributed by atoms with Crippen LogP contribution in [0.3, 0.4) is 0 Å². The molecular formula is C13H18ClNO3. The van der Waals surface area contributed by atoms with E-state index in [1.807, 2.05) is 13.8 Å². The maximum Gasteiger partial charge on any atom is 0.258 e. The van der Waals surface area contributed by atoms with Crippen molar-refractivity contribution in [3.05, 3.63) is 28.8 Å². The number of amides is 1. The van der Waals surface area contributed by atoms with Gasteiger partial charge in [-0.2, -0.15) is 0 Å². The van der Waals surface area contributed by atoms with E-state index in [4.69, 9.17) is 21.4 Å². The second kappa shape index (κ2) is 7.24. The van der Waals surface area contributed by atoms with Gasteiger partial charge in [-0.15, -0.1) is 0 Å². The van der Waals surface area contributed by atoms with Crippen LogP contribution in [0.1, 0.15) is 18.9 Å². The van der Waals surface area contributed by atoms with Crippen molar-refractivity contribution in [3.63, 3.8) is 0 Å². The number of rotatable bonds is 6. The van der Waals surface area contributed by atoms with Gasteiger partial charge >= 0.3 is 0 Å². The summed E-state index contributed by atoms with van der Waals surface area (Å²) in [4.78, 5) is 11.5. The van der Waals surface area contributed by atoms with Crippen molar-refractivity contribution < 1.29 is 14.6 Å². The third kappa shape index (κ3) is 4.55. The van der Waals surface area contributed by atoms with Gasteiger partial charge in [0.25, 0.3) is 5.91 Å². The molecule has 0 aliphatic carbocycles. The third-order valence-electron chi connectivity index (χ3n) is 2.55. The van der Waals surface area contributed by atoms with Crippen LogP contribution in [0.2, 0.25) is 5.02 Å². The number of ether oxygens (including phenoxy) is 1. The van der Waals surface area contributed by atoms with Gasteiger partial charge in [0.05, 0.1) is 0 Å². The molecule has 1 atom stereocenters. The molecule has 18 heavy (non-hydrogen) atoms. The fourth-order valence-electron chi connectivity index (χ4n) is 1.47. The van der Waals surface area contributed by atoms with Gasteiger partial charge in [-0.3, -0.25) is 4.79 Å². The van der Waals surface area contributed by atoms with Gasteiger partial charge in [-0.1, -0.05) is 17.7 Å². The minimum Gasteiger partial charge on any atom is -0.483 e. The SMILES string of the molecule is Cc1c(Cl)cccc1OCC(=O)NC(C)CCO. The van der Waals surface area contributed by atoms with Gasteiger partial charge in [-0.05, 0) is 32.4 Å². The summed E-state index contributed by atoms with van der Waals surface area (Å²) in [6.07, 6.45) is 0.530. The Balaban J connectivity index is 2.45. The van der Waals surface area contributed by atoms with Crippen LogP contribution >= 0.6 is 11.6 Å². The molecule has 0 aliphatic rings. The lowest BCUT2D eigenvalue weighted by Gasteiger charge is -2.14. The lowest BCUT2D eigenvalue weighted by atomic mass is 10.2. The van der Waals surface area contributed by atoms with Crippen molar-refractivity contribution in [1.82, 2.24) is 5.32 Å². The summed E-state index contributed by atoms with van der Waals surface area (Å²) in [5.41, 5.74) is 0.815. The zero-order chi connectivity index (χ0) is 13.5. The number of aliphatic hydroxyl groups is 1. The molecule has 5 heteroatoms. The first kappa shape index (κ1) is 14.8. The van der Waals surface area contributed by atoms with Crippen molar-refractivity contribution in [2.75, 3.05) is 13.2 Å². The second-order valence-electron chi connectivity index (χ2n) is 4.13. The van der Waals surface area contributed by atoms with Crippen LogP contribution in [0.5, 0.6) is 5.75 Å². The van der Waals surface area contributed by atoms with Crippen LogP contribution in [0.4, 0.5) is 0 Å². The van der Waals surface area contributed by atoms with Crippen molar-refractivity contribution in [1.29, 1.82) is 0 Å². The number of carbonyl (C=O) groups is 1. The molecule has 1 aromatic carbocycles. The van der Waals surface area contributed by atoms with E-state index in [1.54, 1.807) is 18.2 Å². The lowest BCUT2D eigenvalue weighted by molar-refractivity contribution is -0.123. The van der Waals surface area contributed by atoms with Crippen molar-refractivity contribution in [3.8, 4) is 5.75 Å². The molecule has 2 N–H and O–H groups in total. The van der Waals surface area contributed by atoms with E-state index in [2.05, 4.69) is 5.32 Å². The molecule has 1 aromatic rings. The average molecular weight is 272 g/mol. The van der Waals surface area contributed by atoms with Crippen LogP contribution in [-0.2, 0) is 4.79 Å². The molecule has 1 unspecified atom stereocenters. The van der Waals surface area contributed by atoms with Gasteiger partial charge in [0.1, 0.15) is 5.75 Å². The fourth-order valence-corrected chi connectivity index (χ4v) is 1.64. The highest BCUT2D eigenvalue weighted by molar-refractivity contribution is 6.31. The standard InChI is InChI=1S/C13H18ClNO3/c1-9(6-7-16)15-13(17)8-18-12-5-3-4-11(14)10(12)2/h3-5,9,16H,6-8H2,1-2H3,(H,15,17). The summed E-state index contributed by atoms with van der Waals surface area (Å²) >= 11 is 5.95. The minimum atomic E-state index is -0.213. The Morgan fingerprint density at radius 1 is 1.56 bits per heavy atom. The van der Waals surface area contributed by atoms with Crippen LogP contribution in [0, 0.1) is 6.92 Å². The summed E-state index contributed by atoms with van der Waals surface area (Å²) in [5, 5.41) is 12.1. The quantitative estimate of drug-likeness (QED) is 0.831. The molecule has 0 saturated heterocycles. The first-order valence-electron chi connectivity index (χ1n) is 5.82. The maximum absolute atomic E-state index is 11.5. The molecule has 0 spiro atoms. The van der Waals surface area contributed by atoms with Crippen LogP contribution in [0.25, 0.3) is 0 Å². The zero-order valence-electron chi connectivity index (χ0n) is 10.6. The Bertz CT molecular complexity index is 409. The van der Waals surface area contributed by atoms with Gasteiger partial charge in [0, 0.05) is 23.2 Å². The molecule has 1 rings (SSSR count). The van der Waals surface area contributed by atoms with Crippen LogP contribution in [-0.4, -0.2) is 30.3 Å². The Morgan fingerprint density at radius 3 is 2.94 bits per heavy atom. The van der Waals surface area contributed by atoms with Crippen molar-refractivity contribution in [2.24, 2.45) is 0 Å². The maximum atomic E-state index is 11.5. The first-order chi connectivity index (χ1) is 8.54. The number of carbonyl (C=O) groups excluding carboxylic acids is 1. The van der Waals surface area contributed by atoms with Gasteiger partial charge in [0.2, 0.25) is 0 Å². The van der Waals surface area contributed by atoms with Gasteiger partial charge < -0.3 is 15.2 Å². The van der Waals surface area contributed by atoms with E-state index >= 15 is 0 Å². The predicted molar refractivity (Wildman–Crippen MR) is 71.0 cm³/mol. The normalized spacial score (nSPS) is 12.0. The monoisotopic (exact) mass is 271 g/mol. The summed E-state index contributed by atoms with van der Waals surface area (Å²) in [5.74, 6) is 0.391. The number of hydrogen-bond acceptors (Lipinski definition) is 3. The molecule has 0 heterocycles. The van der Waals surface area contributed by atoms with E-state index in [9.17, 15) is 4.79 Å². The highest BCUT2D eigenvalue weighted by Crippen LogP contribution is 2.24. The first-order valence-corrected chi connectivity index (χ1v) is 6.20. The van der Waals surface area contributed by atoms with E-state index in [0.717, 1.165) is 5.56 Å². The lowest BCUT2D eigenvalue weighted by Crippen LogP contribution is -2.36. The molecule has 1 amide bonds. The molecule has 0 aliphatic heterocycles. The molecule has 100 valence electrons. The molecule has 4 nitrogen and oxygen atoms in total. The van der Waals surface area contributed by atoms with Crippen LogP contribution < -0.4 is 10.1 Å². The Labute approximate surface area is 112 Å². The number of aliphatic hydroxyl groups excluding tert-OH is 1. The molecule has 0 saturated carbocycles.